The van der Waals surface area contributed by atoms with E-state index in [1.165, 1.54) is 23.5 Å². The number of para-hydroxylation sites is 1. The molecule has 0 bridgehead atoms. The zero-order chi connectivity index (χ0) is 23.8. The van der Waals surface area contributed by atoms with Crippen LogP contribution in [0.25, 0.3) is 21.8 Å². The number of anilines is 1. The lowest BCUT2D eigenvalue weighted by Crippen LogP contribution is -2.16. The van der Waals surface area contributed by atoms with Gasteiger partial charge < -0.3 is 0 Å². The zero-order valence-corrected chi connectivity index (χ0v) is 18.8. The highest BCUT2D eigenvalue weighted by atomic mass is 35.5. The Kier molecular flexibility index (Phi) is 6.17. The molecule has 0 unspecified atom stereocenters. The van der Waals surface area contributed by atoms with Crippen molar-refractivity contribution < 1.29 is 26.0 Å². The smallest absolute Gasteiger partial charge is 0.279 e. The number of nitrogens with zero attached hydrogens (tertiary/aromatic N) is 1. The first-order valence-corrected chi connectivity index (χ1v) is 12.0. The summed E-state index contributed by atoms with van der Waals surface area (Å²) in [6, 6.07) is 14.4. The average Bonchev–Trinajstić information content (AvgIpc) is 3.23. The second-order valence-electron chi connectivity index (χ2n) is 6.81. The molecule has 33 heavy (non-hydrogen) atoms. The van der Waals surface area contributed by atoms with Gasteiger partial charge in [-0.2, -0.15) is 13.2 Å². The van der Waals surface area contributed by atoms with E-state index in [1.54, 1.807) is 41.8 Å². The third-order valence-corrected chi connectivity index (χ3v) is 7.33. The van der Waals surface area contributed by atoms with Gasteiger partial charge in [-0.3, -0.25) is 4.72 Å². The Morgan fingerprint density at radius 1 is 0.939 bits per heavy atom. The lowest BCUT2D eigenvalue weighted by atomic mass is 10.1. The summed E-state index contributed by atoms with van der Waals surface area (Å²) in [5, 5.41) is 1.66. The highest BCUT2D eigenvalue weighted by molar-refractivity contribution is 7.92. The number of sulfonamides is 1. The Hall–Kier alpha value is -2.95. The van der Waals surface area contributed by atoms with E-state index in [1.807, 2.05) is 0 Å². The van der Waals surface area contributed by atoms with E-state index in [0.717, 1.165) is 6.07 Å². The van der Waals surface area contributed by atoms with Gasteiger partial charge in [0.05, 0.1) is 22.0 Å². The summed E-state index contributed by atoms with van der Waals surface area (Å²) in [5.74, 6) is -0.452. The molecule has 1 N–H and O–H groups in total. The normalized spacial score (nSPS) is 12.0. The number of benzene rings is 3. The average molecular weight is 513 g/mol. The lowest BCUT2D eigenvalue weighted by Gasteiger charge is -2.14. The molecule has 3 aromatic carbocycles. The molecule has 1 heterocycles. The molecule has 0 radical (unpaired) electrons. The number of thiazole rings is 1. The quantitative estimate of drug-likeness (QED) is 0.290. The fraction of sp³-hybridized carbons (Fsp3) is 0.0455. The summed E-state index contributed by atoms with van der Waals surface area (Å²) in [6.45, 7) is 0. The molecule has 0 saturated heterocycles. The predicted octanol–water partition coefficient (Wildman–Crippen LogP) is 7.09. The van der Waals surface area contributed by atoms with Crippen molar-refractivity contribution in [3.8, 4) is 21.8 Å². The minimum atomic E-state index is -4.74. The van der Waals surface area contributed by atoms with Gasteiger partial charge in [0, 0.05) is 16.5 Å². The number of nitrogens with one attached hydrogen (secondary N) is 1. The number of aromatic nitrogens is 1. The molecule has 170 valence electrons. The van der Waals surface area contributed by atoms with E-state index in [9.17, 15) is 26.0 Å². The monoisotopic (exact) mass is 512 g/mol. The van der Waals surface area contributed by atoms with E-state index in [0.29, 0.717) is 34.0 Å². The summed E-state index contributed by atoms with van der Waals surface area (Å²) in [4.78, 5) is 3.70. The molecule has 0 amide bonds. The molecular formula is C22H13ClF4N2O2S2. The van der Waals surface area contributed by atoms with E-state index < -0.39 is 32.5 Å². The van der Waals surface area contributed by atoms with Gasteiger partial charge in [0.1, 0.15) is 15.7 Å². The van der Waals surface area contributed by atoms with Gasteiger partial charge in [-0.1, -0.05) is 41.9 Å². The Balaban J connectivity index is 1.72. The molecule has 0 saturated carbocycles. The molecule has 11 heteroatoms. The number of alkyl halides is 3. The van der Waals surface area contributed by atoms with Gasteiger partial charge in [0.2, 0.25) is 0 Å². The van der Waals surface area contributed by atoms with Crippen molar-refractivity contribution in [2.45, 2.75) is 11.1 Å². The van der Waals surface area contributed by atoms with Crippen LogP contribution in [0, 0.1) is 5.82 Å². The standard InChI is InChI=1S/C22H13ClF4N2O2S2/c23-16-10-9-13(22(25,26)27)11-20(16)33(30,31)29-18-8-4-2-6-15(18)19-12-32-21(28-19)14-5-1-3-7-17(14)24/h1-12,29H. The molecular weight excluding hydrogens is 500 g/mol. The molecule has 4 nitrogen and oxygen atoms in total. The molecule has 4 rings (SSSR count). The summed E-state index contributed by atoms with van der Waals surface area (Å²) >= 11 is 7.07. The Bertz CT molecular complexity index is 1440. The van der Waals surface area contributed by atoms with Gasteiger partial charge in [-0.25, -0.2) is 17.8 Å². The van der Waals surface area contributed by atoms with Crippen molar-refractivity contribution in [2.24, 2.45) is 0 Å². The maximum absolute atomic E-state index is 14.1. The van der Waals surface area contributed by atoms with Crippen molar-refractivity contribution in [1.29, 1.82) is 0 Å². The van der Waals surface area contributed by atoms with Gasteiger partial charge in [0.15, 0.2) is 0 Å². The van der Waals surface area contributed by atoms with Gasteiger partial charge in [-0.05, 0) is 36.4 Å². The van der Waals surface area contributed by atoms with Crippen LogP contribution in [-0.4, -0.2) is 13.4 Å². The van der Waals surface area contributed by atoms with Crippen LogP contribution in [0.1, 0.15) is 5.56 Å². The minimum absolute atomic E-state index is 0.0800. The van der Waals surface area contributed by atoms with Crippen LogP contribution >= 0.6 is 22.9 Å². The van der Waals surface area contributed by atoms with Gasteiger partial charge in [0.25, 0.3) is 10.0 Å². The molecule has 0 aliphatic carbocycles. The van der Waals surface area contributed by atoms with Crippen LogP contribution in [0.4, 0.5) is 23.2 Å². The fourth-order valence-electron chi connectivity index (χ4n) is 3.04. The van der Waals surface area contributed by atoms with Crippen molar-refractivity contribution in [3.63, 3.8) is 0 Å². The number of rotatable bonds is 5. The number of hydrogen-bond donors (Lipinski definition) is 1. The Labute approximate surface area is 195 Å². The van der Waals surface area contributed by atoms with Crippen LogP contribution in [0.3, 0.4) is 0 Å². The topological polar surface area (TPSA) is 59.1 Å². The summed E-state index contributed by atoms with van der Waals surface area (Å²) in [7, 11) is -4.48. The summed E-state index contributed by atoms with van der Waals surface area (Å²) in [5.41, 5.74) is -0.0387. The first kappa shape index (κ1) is 23.2. The highest BCUT2D eigenvalue weighted by Gasteiger charge is 2.33. The van der Waals surface area contributed by atoms with E-state index >= 15 is 0 Å². The minimum Gasteiger partial charge on any atom is -0.279 e. The van der Waals surface area contributed by atoms with Crippen LogP contribution in [0.2, 0.25) is 5.02 Å². The summed E-state index contributed by atoms with van der Waals surface area (Å²) < 4.78 is 81.5. The SMILES string of the molecule is O=S(=O)(Nc1ccccc1-c1csc(-c2ccccc2F)n1)c1cc(C(F)(F)F)ccc1Cl. The van der Waals surface area contributed by atoms with E-state index in [4.69, 9.17) is 11.6 Å². The first-order chi connectivity index (χ1) is 15.6. The Morgan fingerprint density at radius 3 is 2.30 bits per heavy atom. The summed E-state index contributed by atoms with van der Waals surface area (Å²) in [6.07, 6.45) is -4.74. The molecule has 0 spiro atoms. The largest absolute Gasteiger partial charge is 0.416 e. The predicted molar refractivity (Wildman–Crippen MR) is 120 cm³/mol. The van der Waals surface area contributed by atoms with Crippen LogP contribution in [0.5, 0.6) is 0 Å². The lowest BCUT2D eigenvalue weighted by molar-refractivity contribution is -0.137. The van der Waals surface area contributed by atoms with Crippen LogP contribution < -0.4 is 4.72 Å². The number of halogens is 5. The van der Waals surface area contributed by atoms with Crippen molar-refractivity contribution >= 4 is 38.6 Å². The first-order valence-electron chi connectivity index (χ1n) is 9.25. The van der Waals surface area contributed by atoms with Gasteiger partial charge in [-0.15, -0.1) is 11.3 Å². The van der Waals surface area contributed by atoms with Crippen LogP contribution in [0.15, 0.2) is 77.0 Å². The maximum Gasteiger partial charge on any atom is 0.416 e. The molecule has 0 aliphatic heterocycles. The Morgan fingerprint density at radius 2 is 1.61 bits per heavy atom. The maximum atomic E-state index is 14.1. The third-order valence-electron chi connectivity index (χ3n) is 4.60. The second kappa shape index (κ2) is 8.77. The second-order valence-corrected chi connectivity index (χ2v) is 9.73. The molecule has 0 aliphatic rings. The highest BCUT2D eigenvalue weighted by Crippen LogP contribution is 2.37. The van der Waals surface area contributed by atoms with Crippen molar-refractivity contribution in [3.05, 3.63) is 88.5 Å². The van der Waals surface area contributed by atoms with Crippen LogP contribution in [-0.2, 0) is 16.2 Å². The molecule has 0 atom stereocenters. The van der Waals surface area contributed by atoms with E-state index in [-0.39, 0.29) is 10.7 Å². The van der Waals surface area contributed by atoms with Crippen molar-refractivity contribution in [2.75, 3.05) is 4.72 Å². The zero-order valence-electron chi connectivity index (χ0n) is 16.4. The molecule has 4 aromatic rings. The van der Waals surface area contributed by atoms with Crippen molar-refractivity contribution in [1.82, 2.24) is 4.98 Å². The fourth-order valence-corrected chi connectivity index (χ4v) is 5.49. The van der Waals surface area contributed by atoms with E-state index in [2.05, 4.69) is 9.71 Å². The molecule has 0 fully saturated rings. The van der Waals surface area contributed by atoms with Gasteiger partial charge >= 0.3 is 6.18 Å². The molecule has 1 aromatic heterocycles. The number of hydrogen-bond acceptors (Lipinski definition) is 4. The third kappa shape index (κ3) is 4.87.